The monoisotopic (exact) mass is 418 g/mol. The van der Waals surface area contributed by atoms with Crippen LogP contribution in [0.3, 0.4) is 0 Å². The van der Waals surface area contributed by atoms with Gasteiger partial charge in [-0.1, -0.05) is 6.07 Å². The third-order valence-electron chi connectivity index (χ3n) is 5.97. The number of pyridine rings is 1. The predicted molar refractivity (Wildman–Crippen MR) is 112 cm³/mol. The summed E-state index contributed by atoms with van der Waals surface area (Å²) in [7, 11) is 0. The Morgan fingerprint density at radius 3 is 2.58 bits per heavy atom. The van der Waals surface area contributed by atoms with Crippen LogP contribution in [-0.2, 0) is 12.0 Å². The molecule has 1 aromatic carbocycles. The number of ether oxygens (including phenoxy) is 1. The molecule has 158 valence electrons. The topological polar surface area (TPSA) is 77.0 Å². The van der Waals surface area contributed by atoms with Gasteiger partial charge in [0, 0.05) is 16.8 Å². The van der Waals surface area contributed by atoms with Crippen molar-refractivity contribution in [1.82, 2.24) is 20.3 Å². The Balaban J connectivity index is 1.35. The lowest BCUT2D eigenvalue weighted by atomic mass is 9.92. The van der Waals surface area contributed by atoms with Gasteiger partial charge in [0.15, 0.2) is 5.75 Å². The van der Waals surface area contributed by atoms with E-state index in [2.05, 4.69) is 21.4 Å². The molecule has 6 nitrogen and oxygen atoms in total. The number of hydrogen-bond donors (Lipinski definition) is 1. The Morgan fingerprint density at radius 1 is 1.13 bits per heavy atom. The number of rotatable bonds is 5. The van der Waals surface area contributed by atoms with Crippen molar-refractivity contribution < 1.29 is 13.9 Å². The maximum atomic E-state index is 13.2. The molecule has 1 amide bonds. The SMILES string of the molecule is Cc1ncc(OC2CCCc3nc(C4(NC(=O)c5ccc(F)cc5)CC4)ccc32)cn1. The molecule has 2 aliphatic carbocycles. The summed E-state index contributed by atoms with van der Waals surface area (Å²) in [5.74, 6) is 0.790. The molecule has 1 atom stereocenters. The highest BCUT2D eigenvalue weighted by Crippen LogP contribution is 2.46. The van der Waals surface area contributed by atoms with Crippen molar-refractivity contribution in [2.75, 3.05) is 0 Å². The van der Waals surface area contributed by atoms with Crippen LogP contribution in [0.2, 0.25) is 0 Å². The van der Waals surface area contributed by atoms with Crippen LogP contribution in [-0.4, -0.2) is 20.9 Å². The van der Waals surface area contributed by atoms with E-state index in [0.29, 0.717) is 17.1 Å². The third kappa shape index (κ3) is 4.00. The zero-order valence-corrected chi connectivity index (χ0v) is 17.3. The molecule has 2 heterocycles. The summed E-state index contributed by atoms with van der Waals surface area (Å²) < 4.78 is 19.3. The summed E-state index contributed by atoms with van der Waals surface area (Å²) in [6.45, 7) is 1.84. The summed E-state index contributed by atoms with van der Waals surface area (Å²) in [6, 6.07) is 9.65. The van der Waals surface area contributed by atoms with Crippen LogP contribution in [0.15, 0.2) is 48.8 Å². The van der Waals surface area contributed by atoms with Crippen molar-refractivity contribution in [2.24, 2.45) is 0 Å². The molecule has 7 heteroatoms. The van der Waals surface area contributed by atoms with Crippen LogP contribution in [0.25, 0.3) is 0 Å². The predicted octanol–water partition coefficient (Wildman–Crippen LogP) is 4.19. The fraction of sp³-hybridized carbons (Fsp3) is 0.333. The van der Waals surface area contributed by atoms with Gasteiger partial charge in [-0.05, 0) is 69.4 Å². The summed E-state index contributed by atoms with van der Waals surface area (Å²) in [6.07, 6.45) is 7.77. The second-order valence-corrected chi connectivity index (χ2v) is 8.24. The Labute approximate surface area is 179 Å². The zero-order chi connectivity index (χ0) is 21.4. The standard InChI is InChI=1S/C24H23FN4O2/c1-15-26-13-18(14-27-15)31-21-4-2-3-20-19(21)9-10-22(28-20)24(11-12-24)29-23(30)16-5-7-17(25)8-6-16/h5-10,13-14,21H,2-4,11-12H2,1H3,(H,29,30). The highest BCUT2D eigenvalue weighted by molar-refractivity contribution is 5.95. The molecule has 0 radical (unpaired) electrons. The van der Waals surface area contributed by atoms with Gasteiger partial charge < -0.3 is 10.1 Å². The van der Waals surface area contributed by atoms with Crippen LogP contribution in [0.1, 0.15) is 64.9 Å². The van der Waals surface area contributed by atoms with Gasteiger partial charge >= 0.3 is 0 Å². The number of benzene rings is 1. The molecular weight excluding hydrogens is 395 g/mol. The first-order valence-electron chi connectivity index (χ1n) is 10.6. The second-order valence-electron chi connectivity index (χ2n) is 8.24. The Bertz CT molecular complexity index is 1110. The van der Waals surface area contributed by atoms with E-state index in [0.717, 1.165) is 49.1 Å². The molecule has 2 aliphatic rings. The van der Waals surface area contributed by atoms with Crippen LogP contribution in [0, 0.1) is 12.7 Å². The van der Waals surface area contributed by atoms with E-state index in [-0.39, 0.29) is 17.8 Å². The molecule has 2 aromatic heterocycles. The molecule has 0 spiro atoms. The van der Waals surface area contributed by atoms with E-state index in [1.54, 1.807) is 12.4 Å². The van der Waals surface area contributed by atoms with Gasteiger partial charge in [0.05, 0.1) is 23.6 Å². The number of carbonyl (C=O) groups excluding carboxylic acids is 1. The summed E-state index contributed by atoms with van der Waals surface area (Å²) in [4.78, 5) is 26.0. The minimum Gasteiger partial charge on any atom is -0.482 e. The molecule has 0 saturated heterocycles. The van der Waals surface area contributed by atoms with Crippen LogP contribution < -0.4 is 10.1 Å². The fourth-order valence-corrected chi connectivity index (χ4v) is 4.07. The minimum absolute atomic E-state index is 0.0828. The van der Waals surface area contributed by atoms with Crippen LogP contribution >= 0.6 is 0 Å². The van der Waals surface area contributed by atoms with E-state index in [9.17, 15) is 9.18 Å². The number of nitrogens with one attached hydrogen (secondary N) is 1. The van der Waals surface area contributed by atoms with Crippen molar-refractivity contribution >= 4 is 5.91 Å². The number of halogens is 1. The van der Waals surface area contributed by atoms with Crippen LogP contribution in [0.4, 0.5) is 4.39 Å². The number of carbonyl (C=O) groups is 1. The van der Waals surface area contributed by atoms with Crippen molar-refractivity contribution in [2.45, 2.75) is 50.7 Å². The smallest absolute Gasteiger partial charge is 0.252 e. The van der Waals surface area contributed by atoms with Gasteiger partial charge in [-0.25, -0.2) is 14.4 Å². The van der Waals surface area contributed by atoms with E-state index >= 15 is 0 Å². The van der Waals surface area contributed by atoms with Gasteiger partial charge in [-0.15, -0.1) is 0 Å². The van der Waals surface area contributed by atoms with Gasteiger partial charge in [0.2, 0.25) is 0 Å². The lowest BCUT2D eigenvalue weighted by Crippen LogP contribution is -2.36. The molecule has 1 fully saturated rings. The Hall–Kier alpha value is -3.35. The van der Waals surface area contributed by atoms with E-state index in [1.165, 1.54) is 24.3 Å². The molecule has 0 bridgehead atoms. The second kappa shape index (κ2) is 7.72. The summed E-state index contributed by atoms with van der Waals surface area (Å²) >= 11 is 0. The zero-order valence-electron chi connectivity index (χ0n) is 17.3. The molecule has 0 aliphatic heterocycles. The maximum absolute atomic E-state index is 13.2. The lowest BCUT2D eigenvalue weighted by molar-refractivity contribution is 0.0929. The highest BCUT2D eigenvalue weighted by atomic mass is 19.1. The largest absolute Gasteiger partial charge is 0.482 e. The molecule has 1 saturated carbocycles. The quantitative estimate of drug-likeness (QED) is 0.672. The first-order chi connectivity index (χ1) is 15.0. The summed E-state index contributed by atoms with van der Waals surface area (Å²) in [5.41, 5.74) is 2.97. The van der Waals surface area contributed by atoms with E-state index < -0.39 is 5.54 Å². The number of fused-ring (bicyclic) bond motifs is 1. The Morgan fingerprint density at radius 2 is 1.87 bits per heavy atom. The number of aromatic nitrogens is 3. The molecule has 3 aromatic rings. The average Bonchev–Trinajstić information content (AvgIpc) is 3.56. The normalized spacial score (nSPS) is 18.7. The number of hydrogen-bond acceptors (Lipinski definition) is 5. The van der Waals surface area contributed by atoms with Gasteiger partial charge in [0.25, 0.3) is 5.91 Å². The fourth-order valence-electron chi connectivity index (χ4n) is 4.07. The summed E-state index contributed by atoms with van der Waals surface area (Å²) in [5, 5.41) is 3.11. The van der Waals surface area contributed by atoms with Gasteiger partial charge in [0.1, 0.15) is 17.7 Å². The van der Waals surface area contributed by atoms with Crippen LogP contribution in [0.5, 0.6) is 5.75 Å². The molecule has 31 heavy (non-hydrogen) atoms. The van der Waals surface area contributed by atoms with Crippen molar-refractivity contribution in [3.63, 3.8) is 0 Å². The van der Waals surface area contributed by atoms with Gasteiger partial charge in [-0.3, -0.25) is 9.78 Å². The van der Waals surface area contributed by atoms with Crippen molar-refractivity contribution in [3.8, 4) is 5.75 Å². The molecule has 1 unspecified atom stereocenters. The minimum atomic E-state index is -0.445. The lowest BCUT2D eigenvalue weighted by Gasteiger charge is -2.27. The van der Waals surface area contributed by atoms with E-state index in [4.69, 9.17) is 9.72 Å². The number of aryl methyl sites for hydroxylation is 2. The number of nitrogens with zero attached hydrogens (tertiary/aromatic N) is 3. The van der Waals surface area contributed by atoms with Crippen molar-refractivity contribution in [1.29, 1.82) is 0 Å². The highest BCUT2D eigenvalue weighted by Gasteiger charge is 2.47. The Kier molecular flexibility index (Phi) is 4.88. The maximum Gasteiger partial charge on any atom is 0.252 e. The molecule has 5 rings (SSSR count). The van der Waals surface area contributed by atoms with E-state index in [1.807, 2.05) is 13.0 Å². The number of amides is 1. The van der Waals surface area contributed by atoms with Gasteiger partial charge in [-0.2, -0.15) is 0 Å². The van der Waals surface area contributed by atoms with Crippen molar-refractivity contribution in [3.05, 3.63) is 82.9 Å². The average molecular weight is 418 g/mol. The molecule has 1 N–H and O–H groups in total. The first-order valence-corrected chi connectivity index (χ1v) is 10.6. The first kappa shape index (κ1) is 19.6. The third-order valence-corrected chi connectivity index (χ3v) is 5.97. The molecular formula is C24H23FN4O2.